The van der Waals surface area contributed by atoms with Crippen LogP contribution in [-0.2, 0) is 9.59 Å². The van der Waals surface area contributed by atoms with Crippen LogP contribution in [0.4, 0.5) is 4.79 Å². The van der Waals surface area contributed by atoms with Crippen molar-refractivity contribution in [2.24, 2.45) is 5.92 Å². The molecule has 114 valence electrons. The molecule has 0 aromatic carbocycles. The number of nitrogens with zero attached hydrogens (tertiary/aromatic N) is 1. The Morgan fingerprint density at radius 3 is 2.50 bits per heavy atom. The number of carbonyl (C=O) groups excluding carboxylic acids is 2. The molecule has 0 radical (unpaired) electrons. The second kappa shape index (κ2) is 7.72. The summed E-state index contributed by atoms with van der Waals surface area (Å²) in [6.07, 6.45) is 3.02. The molecule has 20 heavy (non-hydrogen) atoms. The smallest absolute Gasteiger partial charge is 0.315 e. The summed E-state index contributed by atoms with van der Waals surface area (Å²) < 4.78 is 0. The molecule has 3 amide bonds. The Hall–Kier alpha value is -1.79. The third-order valence-electron chi connectivity index (χ3n) is 3.70. The molecule has 0 aromatic heterocycles. The van der Waals surface area contributed by atoms with Crippen LogP contribution in [0, 0.1) is 5.92 Å². The molecule has 0 aromatic rings. The number of amides is 3. The normalized spacial score (nSPS) is 21.9. The fourth-order valence-electron chi connectivity index (χ4n) is 2.29. The molecule has 0 saturated heterocycles. The van der Waals surface area contributed by atoms with Crippen LogP contribution in [0.25, 0.3) is 0 Å². The number of urea groups is 1. The molecular formula is C13H23N3O4. The Balaban J connectivity index is 2.40. The maximum absolute atomic E-state index is 11.7. The van der Waals surface area contributed by atoms with Crippen molar-refractivity contribution in [1.82, 2.24) is 15.5 Å². The molecule has 7 nitrogen and oxygen atoms in total. The molecule has 1 aliphatic carbocycles. The van der Waals surface area contributed by atoms with Gasteiger partial charge in [-0.3, -0.25) is 9.59 Å². The quantitative estimate of drug-likeness (QED) is 0.681. The molecule has 1 saturated carbocycles. The van der Waals surface area contributed by atoms with Crippen molar-refractivity contribution in [2.75, 3.05) is 20.1 Å². The Labute approximate surface area is 118 Å². The molecule has 2 atom stereocenters. The maximum Gasteiger partial charge on any atom is 0.315 e. The lowest BCUT2D eigenvalue weighted by Gasteiger charge is -2.29. The fourth-order valence-corrected chi connectivity index (χ4v) is 2.29. The van der Waals surface area contributed by atoms with Gasteiger partial charge >= 0.3 is 12.0 Å². The lowest BCUT2D eigenvalue weighted by atomic mass is 9.84. The first-order chi connectivity index (χ1) is 9.45. The van der Waals surface area contributed by atoms with Gasteiger partial charge in [0.2, 0.25) is 5.91 Å². The van der Waals surface area contributed by atoms with Gasteiger partial charge in [-0.25, -0.2) is 4.79 Å². The number of hydrogen-bond acceptors (Lipinski definition) is 3. The SMILES string of the molecule is CCN(C)C(=O)CNC(=O)NC1CCCCC1C(=O)O. The monoisotopic (exact) mass is 285 g/mol. The molecule has 0 spiro atoms. The maximum atomic E-state index is 11.7. The van der Waals surface area contributed by atoms with Gasteiger partial charge in [0.05, 0.1) is 12.5 Å². The van der Waals surface area contributed by atoms with Crippen LogP contribution in [0.2, 0.25) is 0 Å². The van der Waals surface area contributed by atoms with Gasteiger partial charge in [0.15, 0.2) is 0 Å². The van der Waals surface area contributed by atoms with Crippen molar-refractivity contribution < 1.29 is 19.5 Å². The molecule has 0 aliphatic heterocycles. The van der Waals surface area contributed by atoms with Gasteiger partial charge in [-0.2, -0.15) is 0 Å². The van der Waals surface area contributed by atoms with E-state index < -0.39 is 17.9 Å². The van der Waals surface area contributed by atoms with E-state index in [0.717, 1.165) is 12.8 Å². The van der Waals surface area contributed by atoms with Crippen molar-refractivity contribution in [3.63, 3.8) is 0 Å². The Kier molecular flexibility index (Phi) is 6.27. The van der Waals surface area contributed by atoms with Crippen LogP contribution in [0.15, 0.2) is 0 Å². The molecule has 7 heteroatoms. The summed E-state index contributed by atoms with van der Waals surface area (Å²) in [5, 5.41) is 14.2. The predicted octanol–water partition coefficient (Wildman–Crippen LogP) is 0.407. The average Bonchev–Trinajstić information content (AvgIpc) is 2.44. The number of carboxylic acids is 1. The van der Waals surface area contributed by atoms with E-state index in [1.54, 1.807) is 7.05 Å². The molecule has 0 bridgehead atoms. The van der Waals surface area contributed by atoms with E-state index in [2.05, 4.69) is 10.6 Å². The minimum atomic E-state index is -0.878. The highest BCUT2D eigenvalue weighted by Crippen LogP contribution is 2.24. The third kappa shape index (κ3) is 4.71. The Morgan fingerprint density at radius 1 is 1.25 bits per heavy atom. The topological polar surface area (TPSA) is 98.7 Å². The van der Waals surface area contributed by atoms with Gasteiger partial charge in [0.1, 0.15) is 0 Å². The van der Waals surface area contributed by atoms with E-state index in [4.69, 9.17) is 5.11 Å². The van der Waals surface area contributed by atoms with Gasteiger partial charge in [-0.15, -0.1) is 0 Å². The number of likely N-dealkylation sites (N-methyl/N-ethyl adjacent to an activating group) is 1. The van der Waals surface area contributed by atoms with Crippen LogP contribution in [0.1, 0.15) is 32.6 Å². The fraction of sp³-hybridized carbons (Fsp3) is 0.769. The molecule has 1 rings (SSSR count). The number of rotatable bonds is 5. The number of hydrogen-bond donors (Lipinski definition) is 3. The zero-order valence-electron chi connectivity index (χ0n) is 12.0. The average molecular weight is 285 g/mol. The zero-order valence-corrected chi connectivity index (χ0v) is 12.0. The minimum Gasteiger partial charge on any atom is -0.481 e. The molecule has 1 fully saturated rings. The molecule has 3 N–H and O–H groups in total. The van der Waals surface area contributed by atoms with Crippen molar-refractivity contribution in [3.05, 3.63) is 0 Å². The van der Waals surface area contributed by atoms with Crippen molar-refractivity contribution >= 4 is 17.9 Å². The van der Waals surface area contributed by atoms with Crippen LogP contribution in [-0.4, -0.2) is 54.1 Å². The van der Waals surface area contributed by atoms with Crippen LogP contribution in [0.3, 0.4) is 0 Å². The first-order valence-electron chi connectivity index (χ1n) is 6.96. The summed E-state index contributed by atoms with van der Waals surface area (Å²) in [5.74, 6) is -1.60. The summed E-state index contributed by atoms with van der Waals surface area (Å²) >= 11 is 0. The molecule has 1 aliphatic rings. The van der Waals surface area contributed by atoms with Crippen LogP contribution < -0.4 is 10.6 Å². The first-order valence-corrected chi connectivity index (χ1v) is 6.96. The highest BCUT2D eigenvalue weighted by atomic mass is 16.4. The predicted molar refractivity (Wildman–Crippen MR) is 73.2 cm³/mol. The van der Waals surface area contributed by atoms with Crippen LogP contribution >= 0.6 is 0 Å². The van der Waals surface area contributed by atoms with E-state index in [9.17, 15) is 14.4 Å². The minimum absolute atomic E-state index is 0.0827. The van der Waals surface area contributed by atoms with Gasteiger partial charge in [0, 0.05) is 19.6 Å². The zero-order chi connectivity index (χ0) is 15.1. The lowest BCUT2D eigenvalue weighted by Crippen LogP contribution is -2.50. The molecular weight excluding hydrogens is 262 g/mol. The molecule has 2 unspecified atom stereocenters. The standard InChI is InChI=1S/C13H23N3O4/c1-3-16(2)11(17)8-14-13(20)15-10-7-5-4-6-9(10)12(18)19/h9-10H,3-8H2,1-2H3,(H,18,19)(H2,14,15,20). The van der Waals surface area contributed by atoms with E-state index in [0.29, 0.717) is 19.4 Å². The van der Waals surface area contributed by atoms with Crippen LogP contribution in [0.5, 0.6) is 0 Å². The largest absolute Gasteiger partial charge is 0.481 e. The van der Waals surface area contributed by atoms with Gasteiger partial charge in [0.25, 0.3) is 0 Å². The second-order valence-electron chi connectivity index (χ2n) is 5.07. The summed E-state index contributed by atoms with van der Waals surface area (Å²) in [5.41, 5.74) is 0. The Morgan fingerprint density at radius 2 is 1.90 bits per heavy atom. The summed E-state index contributed by atoms with van der Waals surface area (Å²) in [4.78, 5) is 35.9. The van der Waals surface area contributed by atoms with Crippen molar-refractivity contribution in [3.8, 4) is 0 Å². The first kappa shape index (κ1) is 16.3. The summed E-state index contributed by atoms with van der Waals surface area (Å²) in [7, 11) is 1.66. The highest BCUT2D eigenvalue weighted by molar-refractivity contribution is 5.84. The third-order valence-corrected chi connectivity index (χ3v) is 3.70. The van der Waals surface area contributed by atoms with Crippen molar-refractivity contribution in [2.45, 2.75) is 38.6 Å². The lowest BCUT2D eigenvalue weighted by molar-refractivity contribution is -0.143. The summed E-state index contributed by atoms with van der Waals surface area (Å²) in [6.45, 7) is 2.34. The van der Waals surface area contributed by atoms with E-state index in [1.807, 2.05) is 6.92 Å². The van der Waals surface area contributed by atoms with Gasteiger partial charge in [-0.05, 0) is 19.8 Å². The van der Waals surface area contributed by atoms with E-state index in [-0.39, 0.29) is 18.5 Å². The summed E-state index contributed by atoms with van der Waals surface area (Å²) in [6, 6.07) is -0.846. The number of nitrogens with one attached hydrogen (secondary N) is 2. The van der Waals surface area contributed by atoms with E-state index >= 15 is 0 Å². The highest BCUT2D eigenvalue weighted by Gasteiger charge is 2.31. The number of carbonyl (C=O) groups is 3. The van der Waals surface area contributed by atoms with Gasteiger partial charge < -0.3 is 20.6 Å². The number of carboxylic acid groups (broad SMARTS) is 1. The second-order valence-corrected chi connectivity index (χ2v) is 5.07. The van der Waals surface area contributed by atoms with Gasteiger partial charge in [-0.1, -0.05) is 12.8 Å². The molecule has 0 heterocycles. The van der Waals surface area contributed by atoms with Crippen molar-refractivity contribution in [1.29, 1.82) is 0 Å². The number of aliphatic carboxylic acids is 1. The Bertz CT molecular complexity index is 373. The van der Waals surface area contributed by atoms with E-state index in [1.165, 1.54) is 4.90 Å².